The molecule has 0 radical (unpaired) electrons. The van der Waals surface area contributed by atoms with E-state index in [2.05, 4.69) is 0 Å². The highest BCUT2D eigenvalue weighted by Crippen LogP contribution is 2.45. The van der Waals surface area contributed by atoms with Crippen LogP contribution in [0.1, 0.15) is 11.5 Å². The molecular formula is C19H25N3O7. The van der Waals surface area contributed by atoms with E-state index in [1.54, 1.807) is 30.3 Å². The summed E-state index contributed by atoms with van der Waals surface area (Å²) in [5, 5.41) is 23.9. The summed E-state index contributed by atoms with van der Waals surface area (Å²) in [7, 11) is 6.03. The van der Waals surface area contributed by atoms with Gasteiger partial charge in [-0.1, -0.05) is 12.2 Å². The molecule has 0 aromatic heterocycles. The van der Waals surface area contributed by atoms with Crippen molar-refractivity contribution in [2.45, 2.75) is 24.2 Å². The standard InChI is InChI=1S/C19H25N3O7/c1-20(9-23)19(26)22(3)21(2)12-5-6-13(24)17(25)16(12)11-7-14(27-4)18-15(8-11)28-10-29-18/h5-9,12-13,16-17,24-25H,10H2,1-4H3/t12-,13+,16?,17?/m0/s1. The highest BCUT2D eigenvalue weighted by Gasteiger charge is 2.40. The van der Waals surface area contributed by atoms with Gasteiger partial charge in [0.05, 0.1) is 25.4 Å². The van der Waals surface area contributed by atoms with Crippen LogP contribution in [0.2, 0.25) is 0 Å². The molecule has 158 valence electrons. The van der Waals surface area contributed by atoms with Gasteiger partial charge in [-0.2, -0.15) is 0 Å². The van der Waals surface area contributed by atoms with Crippen LogP contribution >= 0.6 is 0 Å². The Balaban J connectivity index is 1.99. The maximum atomic E-state index is 12.4. The number of imide groups is 1. The Kier molecular flexibility index (Phi) is 5.96. The summed E-state index contributed by atoms with van der Waals surface area (Å²) < 4.78 is 16.3. The lowest BCUT2D eigenvalue weighted by Gasteiger charge is -2.43. The van der Waals surface area contributed by atoms with Gasteiger partial charge in [0.2, 0.25) is 19.0 Å². The predicted molar refractivity (Wildman–Crippen MR) is 102 cm³/mol. The topological polar surface area (TPSA) is 112 Å². The molecule has 2 N–H and O–H groups in total. The van der Waals surface area contributed by atoms with E-state index >= 15 is 0 Å². The first-order chi connectivity index (χ1) is 13.8. The van der Waals surface area contributed by atoms with Crippen molar-refractivity contribution in [2.24, 2.45) is 0 Å². The predicted octanol–water partition coefficient (Wildman–Crippen LogP) is 0.155. The number of amides is 3. The van der Waals surface area contributed by atoms with Crippen LogP contribution in [0.4, 0.5) is 4.79 Å². The van der Waals surface area contributed by atoms with E-state index in [0.717, 1.165) is 4.90 Å². The Bertz CT molecular complexity index is 815. The number of nitrogens with zero attached hydrogens (tertiary/aromatic N) is 3. The number of hydrogen-bond acceptors (Lipinski definition) is 8. The second kappa shape index (κ2) is 8.27. The fraction of sp³-hybridized carbons (Fsp3) is 0.474. The van der Waals surface area contributed by atoms with Crippen molar-refractivity contribution < 1.29 is 34.0 Å². The maximum absolute atomic E-state index is 12.4. The molecule has 10 nitrogen and oxygen atoms in total. The van der Waals surface area contributed by atoms with Crippen molar-refractivity contribution in [3.63, 3.8) is 0 Å². The van der Waals surface area contributed by atoms with Crippen LogP contribution in [0, 0.1) is 0 Å². The van der Waals surface area contributed by atoms with Crippen LogP contribution in [0.5, 0.6) is 17.2 Å². The minimum Gasteiger partial charge on any atom is -0.493 e. The molecule has 3 rings (SSSR count). The van der Waals surface area contributed by atoms with Gasteiger partial charge in [-0.25, -0.2) is 9.80 Å². The van der Waals surface area contributed by atoms with E-state index in [-0.39, 0.29) is 6.79 Å². The molecular weight excluding hydrogens is 382 g/mol. The molecule has 2 unspecified atom stereocenters. The first kappa shape index (κ1) is 20.9. The molecule has 3 amide bonds. The average Bonchev–Trinajstić information content (AvgIpc) is 3.21. The van der Waals surface area contributed by atoms with Gasteiger partial charge < -0.3 is 24.4 Å². The van der Waals surface area contributed by atoms with Crippen LogP contribution < -0.4 is 14.2 Å². The normalized spacial score (nSPS) is 25.1. The first-order valence-electron chi connectivity index (χ1n) is 9.00. The van der Waals surface area contributed by atoms with Gasteiger partial charge in [0, 0.05) is 27.1 Å². The second-order valence-corrected chi connectivity index (χ2v) is 6.94. The van der Waals surface area contributed by atoms with E-state index in [1.807, 2.05) is 0 Å². The molecule has 1 aliphatic carbocycles. The number of likely N-dealkylation sites (N-methyl/N-ethyl adjacent to an activating group) is 1. The number of aliphatic hydroxyl groups excluding tert-OH is 2. The second-order valence-electron chi connectivity index (χ2n) is 6.94. The number of fused-ring (bicyclic) bond motifs is 1. The lowest BCUT2D eigenvalue weighted by molar-refractivity contribution is -0.116. The number of carbonyl (C=O) groups excluding carboxylic acids is 2. The monoisotopic (exact) mass is 407 g/mol. The van der Waals surface area contributed by atoms with E-state index < -0.39 is 30.2 Å². The van der Waals surface area contributed by atoms with E-state index in [4.69, 9.17) is 14.2 Å². The van der Waals surface area contributed by atoms with Crippen LogP contribution in [-0.2, 0) is 4.79 Å². The van der Waals surface area contributed by atoms with Crippen molar-refractivity contribution in [2.75, 3.05) is 35.0 Å². The van der Waals surface area contributed by atoms with Crippen molar-refractivity contribution in [3.05, 3.63) is 29.8 Å². The lowest BCUT2D eigenvalue weighted by atomic mass is 9.79. The molecule has 2 aliphatic rings. The Hall–Kier alpha value is -2.82. The summed E-state index contributed by atoms with van der Waals surface area (Å²) in [4.78, 5) is 24.2. The van der Waals surface area contributed by atoms with E-state index in [1.165, 1.54) is 32.3 Å². The SMILES string of the molecule is COc1cc(C2C(O)[C@H](O)C=C[C@@H]2N(C)N(C)C(=O)N(C)C=O)cc2c1OCO2. The first-order valence-corrected chi connectivity index (χ1v) is 9.00. The summed E-state index contributed by atoms with van der Waals surface area (Å²) in [5.74, 6) is 0.766. The molecule has 0 bridgehead atoms. The van der Waals surface area contributed by atoms with Gasteiger partial charge in [0.15, 0.2) is 11.5 Å². The Labute approximate surface area is 168 Å². The third-order valence-corrected chi connectivity index (χ3v) is 5.30. The molecule has 0 saturated heterocycles. The summed E-state index contributed by atoms with van der Waals surface area (Å²) in [6.45, 7) is 0.0590. The molecule has 4 atom stereocenters. The van der Waals surface area contributed by atoms with Crippen LogP contribution in [-0.4, -0.2) is 90.9 Å². The van der Waals surface area contributed by atoms with Crippen molar-refractivity contribution in [1.29, 1.82) is 0 Å². The molecule has 1 aromatic carbocycles. The van der Waals surface area contributed by atoms with Crippen LogP contribution in [0.3, 0.4) is 0 Å². The zero-order valence-electron chi connectivity index (χ0n) is 16.7. The number of hydrogen-bond donors (Lipinski definition) is 2. The maximum Gasteiger partial charge on any atom is 0.340 e. The molecule has 29 heavy (non-hydrogen) atoms. The average molecular weight is 407 g/mol. The largest absolute Gasteiger partial charge is 0.493 e. The molecule has 10 heteroatoms. The van der Waals surface area contributed by atoms with Gasteiger partial charge in [-0.05, 0) is 17.7 Å². The van der Waals surface area contributed by atoms with Gasteiger partial charge in [-0.3, -0.25) is 14.7 Å². The van der Waals surface area contributed by atoms with Gasteiger partial charge in [0.1, 0.15) is 0 Å². The fourth-order valence-electron chi connectivity index (χ4n) is 3.58. The highest BCUT2D eigenvalue weighted by molar-refractivity contribution is 5.83. The highest BCUT2D eigenvalue weighted by atomic mass is 16.7. The minimum absolute atomic E-state index is 0.0590. The summed E-state index contributed by atoms with van der Waals surface area (Å²) in [6.07, 6.45) is 1.38. The van der Waals surface area contributed by atoms with Crippen molar-refractivity contribution in [1.82, 2.24) is 14.9 Å². The molecule has 0 saturated carbocycles. The number of rotatable bonds is 5. The number of benzene rings is 1. The number of methoxy groups -OCH3 is 1. The van der Waals surface area contributed by atoms with Crippen molar-refractivity contribution >= 4 is 12.4 Å². The number of ether oxygens (including phenoxy) is 3. The summed E-state index contributed by atoms with van der Waals surface area (Å²) in [5.41, 5.74) is 0.642. The fourth-order valence-corrected chi connectivity index (χ4v) is 3.58. The zero-order valence-corrected chi connectivity index (χ0v) is 16.7. The van der Waals surface area contributed by atoms with Crippen LogP contribution in [0.25, 0.3) is 0 Å². The smallest absolute Gasteiger partial charge is 0.340 e. The van der Waals surface area contributed by atoms with Crippen LogP contribution in [0.15, 0.2) is 24.3 Å². The third-order valence-electron chi connectivity index (χ3n) is 5.30. The molecule has 1 aliphatic heterocycles. The quantitative estimate of drug-likeness (QED) is 0.403. The Morgan fingerprint density at radius 2 is 1.93 bits per heavy atom. The molecule has 1 aromatic rings. The zero-order chi connectivity index (χ0) is 21.3. The van der Waals surface area contributed by atoms with Crippen molar-refractivity contribution in [3.8, 4) is 17.2 Å². The number of hydrazine groups is 1. The number of urea groups is 1. The number of aliphatic hydroxyl groups is 2. The summed E-state index contributed by atoms with van der Waals surface area (Å²) in [6, 6.07) is 2.39. The van der Waals surface area contributed by atoms with E-state index in [0.29, 0.717) is 29.2 Å². The Morgan fingerprint density at radius 3 is 2.59 bits per heavy atom. The lowest BCUT2D eigenvalue weighted by Crippen LogP contribution is -2.55. The van der Waals surface area contributed by atoms with Gasteiger partial charge in [0.25, 0.3) is 0 Å². The minimum atomic E-state index is -1.15. The van der Waals surface area contributed by atoms with E-state index in [9.17, 15) is 19.8 Å². The molecule has 1 heterocycles. The van der Waals surface area contributed by atoms with Gasteiger partial charge >= 0.3 is 6.03 Å². The molecule has 0 spiro atoms. The third kappa shape index (κ3) is 3.74. The molecule has 0 fully saturated rings. The van der Waals surface area contributed by atoms with Gasteiger partial charge in [-0.15, -0.1) is 0 Å². The summed E-state index contributed by atoms with van der Waals surface area (Å²) >= 11 is 0. The Morgan fingerprint density at radius 1 is 1.21 bits per heavy atom. The number of carbonyl (C=O) groups is 2.